The Bertz CT molecular complexity index is 849. The van der Waals surface area contributed by atoms with Gasteiger partial charge in [0.25, 0.3) is 0 Å². The summed E-state index contributed by atoms with van der Waals surface area (Å²) >= 11 is 0. The van der Waals surface area contributed by atoms with Crippen LogP contribution in [0.2, 0.25) is 0 Å². The summed E-state index contributed by atoms with van der Waals surface area (Å²) in [6, 6.07) is 13.4. The number of nitrogens with one attached hydrogen (secondary N) is 1. The first-order chi connectivity index (χ1) is 14.5. The first-order valence-corrected chi connectivity index (χ1v) is 10.3. The van der Waals surface area contributed by atoms with Gasteiger partial charge in [-0.25, -0.2) is 9.18 Å². The summed E-state index contributed by atoms with van der Waals surface area (Å²) in [5.74, 6) is 0.884. The largest absolute Gasteiger partial charge is 0.457 e. The van der Waals surface area contributed by atoms with Crippen molar-refractivity contribution in [1.82, 2.24) is 10.2 Å². The molecule has 1 fully saturated rings. The summed E-state index contributed by atoms with van der Waals surface area (Å²) in [5.41, 5.74) is 0.988. The number of carbonyl (C=O) groups excluding carboxylic acids is 2. The molecule has 0 saturated carbocycles. The molecule has 7 heteroatoms. The van der Waals surface area contributed by atoms with Crippen molar-refractivity contribution in [1.29, 1.82) is 0 Å². The average Bonchev–Trinajstić information content (AvgIpc) is 2.75. The number of aryl methyl sites for hydroxylation is 1. The number of nitrogens with zero attached hydrogens (tertiary/aromatic N) is 1. The first kappa shape index (κ1) is 21.6. The number of halogens is 1. The van der Waals surface area contributed by atoms with Crippen molar-refractivity contribution in [3.8, 4) is 11.5 Å². The van der Waals surface area contributed by atoms with E-state index in [0.717, 1.165) is 18.4 Å². The zero-order chi connectivity index (χ0) is 21.3. The Labute approximate surface area is 176 Å². The number of benzene rings is 2. The van der Waals surface area contributed by atoms with Crippen LogP contribution in [-0.4, -0.2) is 42.6 Å². The van der Waals surface area contributed by atoms with Crippen LogP contribution >= 0.6 is 0 Å². The van der Waals surface area contributed by atoms with Gasteiger partial charge in [0.1, 0.15) is 17.3 Å². The number of amides is 2. The number of carbonyl (C=O) groups is 2. The molecule has 1 aliphatic heterocycles. The topological polar surface area (TPSA) is 67.9 Å². The van der Waals surface area contributed by atoms with Gasteiger partial charge in [-0.2, -0.15) is 0 Å². The van der Waals surface area contributed by atoms with E-state index in [1.54, 1.807) is 24.0 Å². The van der Waals surface area contributed by atoms with Crippen molar-refractivity contribution in [3.05, 3.63) is 59.9 Å². The predicted octanol–water partition coefficient (Wildman–Crippen LogP) is 4.29. The van der Waals surface area contributed by atoms with E-state index in [-0.39, 0.29) is 23.9 Å². The maximum atomic E-state index is 13.0. The van der Waals surface area contributed by atoms with Gasteiger partial charge < -0.3 is 19.7 Å². The third kappa shape index (κ3) is 6.47. The zero-order valence-electron chi connectivity index (χ0n) is 17.1. The van der Waals surface area contributed by atoms with Gasteiger partial charge in [0, 0.05) is 25.6 Å². The Balaban J connectivity index is 1.43. The van der Waals surface area contributed by atoms with Crippen LogP contribution < -0.4 is 10.1 Å². The predicted molar refractivity (Wildman–Crippen MR) is 111 cm³/mol. The molecular formula is C23H27FN2O4. The fourth-order valence-electron chi connectivity index (χ4n) is 3.38. The molecule has 2 aromatic carbocycles. The number of piperidine rings is 1. The molecule has 30 heavy (non-hydrogen) atoms. The smallest absolute Gasteiger partial charge is 0.409 e. The molecule has 1 heterocycles. The molecule has 160 valence electrons. The van der Waals surface area contributed by atoms with Crippen molar-refractivity contribution in [2.75, 3.05) is 19.7 Å². The van der Waals surface area contributed by atoms with Crippen molar-refractivity contribution < 1.29 is 23.5 Å². The minimum atomic E-state index is -0.311. The van der Waals surface area contributed by atoms with Gasteiger partial charge in [-0.3, -0.25) is 4.79 Å². The van der Waals surface area contributed by atoms with Gasteiger partial charge in [0.15, 0.2) is 0 Å². The molecule has 1 aliphatic rings. The third-order valence-electron chi connectivity index (χ3n) is 4.97. The fourth-order valence-corrected chi connectivity index (χ4v) is 3.38. The number of hydrogen-bond donors (Lipinski definition) is 1. The molecule has 0 aromatic heterocycles. The second kappa shape index (κ2) is 10.6. The second-order valence-electron chi connectivity index (χ2n) is 7.23. The van der Waals surface area contributed by atoms with E-state index < -0.39 is 0 Å². The molecule has 0 bridgehead atoms. The molecule has 0 unspecified atom stereocenters. The lowest BCUT2D eigenvalue weighted by Gasteiger charge is -2.31. The van der Waals surface area contributed by atoms with Crippen LogP contribution in [0, 0.1) is 5.82 Å². The van der Waals surface area contributed by atoms with Crippen molar-refractivity contribution in [3.63, 3.8) is 0 Å². The van der Waals surface area contributed by atoms with Crippen LogP contribution in [0.5, 0.6) is 11.5 Å². The van der Waals surface area contributed by atoms with Crippen LogP contribution in [-0.2, 0) is 16.0 Å². The van der Waals surface area contributed by atoms with Gasteiger partial charge in [-0.05, 0) is 68.1 Å². The molecule has 3 rings (SSSR count). The van der Waals surface area contributed by atoms with Gasteiger partial charge >= 0.3 is 6.09 Å². The van der Waals surface area contributed by atoms with E-state index in [4.69, 9.17) is 9.47 Å². The summed E-state index contributed by atoms with van der Waals surface area (Å²) in [6.45, 7) is 3.33. The Hall–Kier alpha value is -3.09. The van der Waals surface area contributed by atoms with Crippen LogP contribution in [0.3, 0.4) is 0 Å². The maximum absolute atomic E-state index is 13.0. The van der Waals surface area contributed by atoms with E-state index in [9.17, 15) is 14.0 Å². The SMILES string of the molecule is CCOC(=O)N1CCC(NC(=O)CCc2cccc(Oc3ccc(F)cc3)c2)CC1. The lowest BCUT2D eigenvalue weighted by Crippen LogP contribution is -2.46. The number of likely N-dealkylation sites (tertiary alicyclic amines) is 1. The van der Waals surface area contributed by atoms with Crippen molar-refractivity contribution >= 4 is 12.0 Å². The first-order valence-electron chi connectivity index (χ1n) is 10.3. The fraction of sp³-hybridized carbons (Fsp3) is 0.391. The Morgan fingerprint density at radius 2 is 1.83 bits per heavy atom. The number of ether oxygens (including phenoxy) is 2. The molecule has 2 amide bonds. The highest BCUT2D eigenvalue weighted by Gasteiger charge is 2.24. The number of rotatable bonds is 7. The van der Waals surface area contributed by atoms with E-state index in [1.165, 1.54) is 12.1 Å². The van der Waals surface area contributed by atoms with Crippen LogP contribution in [0.15, 0.2) is 48.5 Å². The van der Waals surface area contributed by atoms with Crippen LogP contribution in [0.25, 0.3) is 0 Å². The lowest BCUT2D eigenvalue weighted by molar-refractivity contribution is -0.122. The van der Waals surface area contributed by atoms with E-state index in [2.05, 4.69) is 5.32 Å². The highest BCUT2D eigenvalue weighted by atomic mass is 19.1. The molecule has 1 N–H and O–H groups in total. The number of hydrogen-bond acceptors (Lipinski definition) is 4. The highest BCUT2D eigenvalue weighted by Crippen LogP contribution is 2.23. The summed E-state index contributed by atoms with van der Waals surface area (Å²) in [5, 5.41) is 3.06. The molecule has 2 aromatic rings. The Morgan fingerprint density at radius 1 is 1.10 bits per heavy atom. The quantitative estimate of drug-likeness (QED) is 0.734. The van der Waals surface area contributed by atoms with Crippen molar-refractivity contribution in [2.45, 2.75) is 38.6 Å². The summed E-state index contributed by atoms with van der Waals surface area (Å²) < 4.78 is 23.8. The molecule has 6 nitrogen and oxygen atoms in total. The molecule has 0 atom stereocenters. The summed E-state index contributed by atoms with van der Waals surface area (Å²) in [7, 11) is 0. The zero-order valence-corrected chi connectivity index (χ0v) is 17.1. The monoisotopic (exact) mass is 414 g/mol. The second-order valence-corrected chi connectivity index (χ2v) is 7.23. The standard InChI is InChI=1S/C23H27FN2O4/c1-2-29-23(28)26-14-12-19(13-15-26)25-22(27)11-6-17-4-3-5-21(16-17)30-20-9-7-18(24)8-10-20/h3-5,7-10,16,19H,2,6,11-15H2,1H3,(H,25,27). The van der Waals surface area contributed by atoms with E-state index in [0.29, 0.717) is 44.0 Å². The Morgan fingerprint density at radius 3 is 2.53 bits per heavy atom. The van der Waals surface area contributed by atoms with Crippen molar-refractivity contribution in [2.24, 2.45) is 0 Å². The molecule has 0 aliphatic carbocycles. The lowest BCUT2D eigenvalue weighted by atomic mass is 10.0. The minimum absolute atomic E-state index is 0.00515. The molecule has 0 radical (unpaired) electrons. The van der Waals surface area contributed by atoms with Gasteiger partial charge in [-0.15, -0.1) is 0 Å². The molecular weight excluding hydrogens is 387 g/mol. The molecule has 0 spiro atoms. The average molecular weight is 414 g/mol. The van der Waals surface area contributed by atoms with Gasteiger partial charge in [0.05, 0.1) is 6.61 Å². The van der Waals surface area contributed by atoms with Gasteiger partial charge in [0.2, 0.25) is 5.91 Å². The highest BCUT2D eigenvalue weighted by molar-refractivity contribution is 5.76. The third-order valence-corrected chi connectivity index (χ3v) is 4.97. The summed E-state index contributed by atoms with van der Waals surface area (Å²) in [6.07, 6.45) is 2.13. The summed E-state index contributed by atoms with van der Waals surface area (Å²) in [4.78, 5) is 25.7. The van der Waals surface area contributed by atoms with Gasteiger partial charge in [-0.1, -0.05) is 12.1 Å². The molecule has 1 saturated heterocycles. The van der Waals surface area contributed by atoms with Crippen LogP contribution in [0.1, 0.15) is 31.7 Å². The van der Waals surface area contributed by atoms with Crippen LogP contribution in [0.4, 0.5) is 9.18 Å². The maximum Gasteiger partial charge on any atom is 0.409 e. The normalized spacial score (nSPS) is 14.3. The van der Waals surface area contributed by atoms with E-state index >= 15 is 0 Å². The Kier molecular flexibility index (Phi) is 7.65. The minimum Gasteiger partial charge on any atom is -0.457 e. The van der Waals surface area contributed by atoms with E-state index in [1.807, 2.05) is 24.3 Å².